The molecule has 8 heteroatoms. The van der Waals surface area contributed by atoms with Crippen LogP contribution in [0.3, 0.4) is 0 Å². The lowest BCUT2D eigenvalue weighted by atomic mass is 10.1. The predicted molar refractivity (Wildman–Crippen MR) is 101 cm³/mol. The first-order valence-corrected chi connectivity index (χ1v) is 8.81. The Morgan fingerprint density at radius 1 is 1.11 bits per heavy atom. The highest BCUT2D eigenvalue weighted by molar-refractivity contribution is 5.97. The zero-order chi connectivity index (χ0) is 20.5. The molecule has 0 aromatic heterocycles. The van der Waals surface area contributed by atoms with Gasteiger partial charge in [-0.3, -0.25) is 9.59 Å². The maximum atomic E-state index is 12.8. The van der Waals surface area contributed by atoms with Crippen molar-refractivity contribution in [2.45, 2.75) is 32.5 Å². The zero-order valence-corrected chi connectivity index (χ0v) is 15.4. The van der Waals surface area contributed by atoms with Gasteiger partial charge in [-0.15, -0.1) is 0 Å². The number of nitrogens with one attached hydrogen (secondary N) is 2. The van der Waals surface area contributed by atoms with Gasteiger partial charge in [0.25, 0.3) is 0 Å². The van der Waals surface area contributed by atoms with E-state index in [1.807, 2.05) is 12.1 Å². The smallest absolute Gasteiger partial charge is 0.374 e. The highest BCUT2D eigenvalue weighted by Crippen LogP contribution is 2.32. The summed E-state index contributed by atoms with van der Waals surface area (Å²) in [5.74, 6) is -0.474. The van der Waals surface area contributed by atoms with Gasteiger partial charge >= 0.3 is 6.18 Å². The van der Waals surface area contributed by atoms with Gasteiger partial charge in [0.05, 0.1) is 5.56 Å². The molecule has 0 aliphatic carbocycles. The lowest BCUT2D eigenvalue weighted by Gasteiger charge is -2.18. The van der Waals surface area contributed by atoms with E-state index >= 15 is 0 Å². The maximum absolute atomic E-state index is 12.8. The van der Waals surface area contributed by atoms with E-state index in [1.165, 1.54) is 19.1 Å². The molecule has 3 rings (SSSR count). The van der Waals surface area contributed by atoms with Gasteiger partial charge in [-0.25, -0.2) is 0 Å². The summed E-state index contributed by atoms with van der Waals surface area (Å²) < 4.78 is 38.4. The van der Waals surface area contributed by atoms with E-state index in [4.69, 9.17) is 0 Å². The summed E-state index contributed by atoms with van der Waals surface area (Å²) >= 11 is 0. The van der Waals surface area contributed by atoms with Crippen LogP contribution in [-0.4, -0.2) is 24.4 Å². The first-order chi connectivity index (χ1) is 13.1. The second-order valence-electron chi connectivity index (χ2n) is 6.70. The number of halogens is 3. The highest BCUT2D eigenvalue weighted by Gasteiger charge is 2.30. The second kappa shape index (κ2) is 7.53. The summed E-state index contributed by atoms with van der Waals surface area (Å²) in [6.45, 7) is 3.76. The molecule has 148 valence electrons. The van der Waals surface area contributed by atoms with Gasteiger partial charge in [0, 0.05) is 30.5 Å². The lowest BCUT2D eigenvalue weighted by molar-refractivity contribution is -0.137. The molecular formula is C20H20F3N3O2. The molecule has 1 aliphatic rings. The van der Waals surface area contributed by atoms with Gasteiger partial charge in [0.15, 0.2) is 0 Å². The Labute approximate surface area is 160 Å². The van der Waals surface area contributed by atoms with Crippen molar-refractivity contribution in [1.82, 2.24) is 0 Å². The maximum Gasteiger partial charge on any atom is 0.416 e. The topological polar surface area (TPSA) is 61.4 Å². The number of anilines is 3. The van der Waals surface area contributed by atoms with Gasteiger partial charge in [0.2, 0.25) is 11.8 Å². The molecule has 1 atom stereocenters. The Morgan fingerprint density at radius 3 is 2.54 bits per heavy atom. The average Bonchev–Trinajstić information content (AvgIpc) is 3.04. The number of benzene rings is 2. The van der Waals surface area contributed by atoms with Crippen molar-refractivity contribution in [3.8, 4) is 0 Å². The van der Waals surface area contributed by atoms with Gasteiger partial charge in [-0.05, 0) is 55.3 Å². The highest BCUT2D eigenvalue weighted by atomic mass is 19.4. The quantitative estimate of drug-likeness (QED) is 0.827. The first kappa shape index (κ1) is 19.7. The number of hydrogen-bond acceptors (Lipinski definition) is 3. The Balaban J connectivity index is 1.66. The predicted octanol–water partition coefficient (Wildman–Crippen LogP) is 4.05. The molecule has 0 spiro atoms. The molecule has 1 aliphatic heterocycles. The molecule has 28 heavy (non-hydrogen) atoms. The molecule has 0 saturated heterocycles. The van der Waals surface area contributed by atoms with Gasteiger partial charge < -0.3 is 15.5 Å². The fraction of sp³-hybridized carbons (Fsp3) is 0.300. The van der Waals surface area contributed by atoms with Crippen LogP contribution in [0.5, 0.6) is 0 Å². The number of hydrogen-bond donors (Lipinski definition) is 2. The number of alkyl halides is 3. The molecule has 0 radical (unpaired) electrons. The number of fused-ring (bicyclic) bond motifs is 1. The van der Waals surface area contributed by atoms with Crippen molar-refractivity contribution in [1.29, 1.82) is 0 Å². The summed E-state index contributed by atoms with van der Waals surface area (Å²) in [4.78, 5) is 25.6. The van der Waals surface area contributed by atoms with E-state index in [0.29, 0.717) is 12.2 Å². The van der Waals surface area contributed by atoms with Crippen LogP contribution in [0.4, 0.5) is 30.2 Å². The molecule has 1 heterocycles. The molecular weight excluding hydrogens is 371 g/mol. The lowest BCUT2D eigenvalue weighted by Crippen LogP contribution is -2.32. The Bertz CT molecular complexity index is 912. The minimum atomic E-state index is -4.47. The van der Waals surface area contributed by atoms with Crippen molar-refractivity contribution in [3.05, 3.63) is 53.6 Å². The van der Waals surface area contributed by atoms with Crippen LogP contribution in [0.1, 0.15) is 25.0 Å². The minimum absolute atomic E-state index is 0.0201. The first-order valence-electron chi connectivity index (χ1n) is 8.81. The van der Waals surface area contributed by atoms with Crippen molar-refractivity contribution >= 4 is 28.9 Å². The molecule has 2 aromatic rings. The summed E-state index contributed by atoms with van der Waals surface area (Å²) in [6.07, 6.45) is -3.74. The number of rotatable bonds is 4. The molecule has 2 aromatic carbocycles. The van der Waals surface area contributed by atoms with E-state index < -0.39 is 23.7 Å². The molecule has 0 bridgehead atoms. The fourth-order valence-corrected chi connectivity index (χ4v) is 3.16. The Morgan fingerprint density at radius 2 is 1.86 bits per heavy atom. The van der Waals surface area contributed by atoms with Gasteiger partial charge in [-0.2, -0.15) is 13.2 Å². The zero-order valence-electron chi connectivity index (χ0n) is 15.4. The van der Waals surface area contributed by atoms with Crippen LogP contribution >= 0.6 is 0 Å². The second-order valence-corrected chi connectivity index (χ2v) is 6.70. The third kappa shape index (κ3) is 4.27. The van der Waals surface area contributed by atoms with Crippen LogP contribution in [-0.2, 0) is 22.2 Å². The largest absolute Gasteiger partial charge is 0.416 e. The number of carbonyl (C=O) groups excluding carboxylic acids is 2. The monoisotopic (exact) mass is 391 g/mol. The third-order valence-corrected chi connectivity index (χ3v) is 4.59. The van der Waals surface area contributed by atoms with E-state index in [9.17, 15) is 22.8 Å². The van der Waals surface area contributed by atoms with E-state index in [-0.39, 0.29) is 11.6 Å². The molecule has 2 amide bonds. The fourth-order valence-electron chi connectivity index (χ4n) is 3.16. The summed E-state index contributed by atoms with van der Waals surface area (Å²) in [6, 6.07) is 9.31. The van der Waals surface area contributed by atoms with Crippen LogP contribution in [0.2, 0.25) is 0 Å². The standard InChI is InChI=1S/C20H20F3N3O2/c1-12(19(28)25-16-5-3-4-15(11-16)20(21,22)23)24-17-6-7-18-14(10-17)8-9-26(18)13(2)27/h3-7,10-12,24H,8-9H2,1-2H3,(H,25,28). The van der Waals surface area contributed by atoms with Crippen molar-refractivity contribution < 1.29 is 22.8 Å². The molecule has 5 nitrogen and oxygen atoms in total. The molecule has 0 fully saturated rings. The minimum Gasteiger partial charge on any atom is -0.374 e. The van der Waals surface area contributed by atoms with Gasteiger partial charge in [-0.1, -0.05) is 6.07 Å². The third-order valence-electron chi connectivity index (χ3n) is 4.59. The summed E-state index contributed by atoms with van der Waals surface area (Å²) in [7, 11) is 0. The van der Waals surface area contributed by atoms with Gasteiger partial charge in [0.1, 0.15) is 6.04 Å². The van der Waals surface area contributed by atoms with E-state index in [0.717, 1.165) is 29.8 Å². The van der Waals surface area contributed by atoms with Crippen LogP contribution < -0.4 is 15.5 Å². The van der Waals surface area contributed by atoms with E-state index in [1.54, 1.807) is 17.9 Å². The number of nitrogens with zero attached hydrogens (tertiary/aromatic N) is 1. The van der Waals surface area contributed by atoms with Crippen molar-refractivity contribution in [2.75, 3.05) is 22.1 Å². The Hall–Kier alpha value is -3.03. The number of carbonyl (C=O) groups is 2. The van der Waals surface area contributed by atoms with Crippen molar-refractivity contribution in [2.24, 2.45) is 0 Å². The van der Waals surface area contributed by atoms with Crippen molar-refractivity contribution in [3.63, 3.8) is 0 Å². The molecule has 0 saturated carbocycles. The average molecular weight is 391 g/mol. The van der Waals surface area contributed by atoms with Crippen LogP contribution in [0, 0.1) is 0 Å². The molecule has 1 unspecified atom stereocenters. The SMILES string of the molecule is CC(=O)N1CCc2cc(NC(C)C(=O)Nc3cccc(C(F)(F)F)c3)ccc21. The van der Waals surface area contributed by atoms with E-state index in [2.05, 4.69) is 10.6 Å². The summed E-state index contributed by atoms with van der Waals surface area (Å²) in [5.41, 5.74) is 1.83. The number of amides is 2. The van der Waals surface area contributed by atoms with Crippen LogP contribution in [0.15, 0.2) is 42.5 Å². The normalized spacial score (nSPS) is 14.4. The summed E-state index contributed by atoms with van der Waals surface area (Å²) in [5, 5.41) is 5.54. The van der Waals surface area contributed by atoms with Crippen LogP contribution in [0.25, 0.3) is 0 Å². The Kier molecular flexibility index (Phi) is 5.31. The molecule has 2 N–H and O–H groups in total.